The third kappa shape index (κ3) is 5.05. The number of hydrogen-bond acceptors (Lipinski definition) is 2. The summed E-state index contributed by atoms with van der Waals surface area (Å²) in [5.41, 5.74) is 9.76. The molecular weight excluding hydrogens is 703 g/mol. The van der Waals surface area contributed by atoms with Gasteiger partial charge in [0.2, 0.25) is 0 Å². The summed E-state index contributed by atoms with van der Waals surface area (Å²) in [6, 6.07) is 77.0. The van der Waals surface area contributed by atoms with Crippen molar-refractivity contribution in [1.29, 1.82) is 0 Å². The van der Waals surface area contributed by atoms with E-state index in [1.807, 2.05) is 6.07 Å². The fourth-order valence-electron chi connectivity index (χ4n) is 9.34. The summed E-state index contributed by atoms with van der Waals surface area (Å²) in [7, 11) is 0. The predicted octanol–water partition coefficient (Wildman–Crippen LogP) is 16.2. The quantitative estimate of drug-likeness (QED) is 0.164. The molecule has 12 rings (SSSR count). The number of furan rings is 1. The van der Waals surface area contributed by atoms with E-state index in [-0.39, 0.29) is 0 Å². The van der Waals surface area contributed by atoms with E-state index in [1.165, 1.54) is 76.1 Å². The zero-order valence-corrected chi connectivity index (χ0v) is 31.6. The van der Waals surface area contributed by atoms with Crippen LogP contribution in [0.1, 0.15) is 0 Å². The van der Waals surface area contributed by atoms with Crippen LogP contribution < -0.4 is 4.90 Å². The monoisotopic (exact) mass is 737 g/mol. The Morgan fingerprint density at radius 2 is 0.776 bits per heavy atom. The second-order valence-electron chi connectivity index (χ2n) is 15.2. The summed E-state index contributed by atoms with van der Waals surface area (Å²) in [6.45, 7) is 0. The van der Waals surface area contributed by atoms with E-state index in [0.717, 1.165) is 39.0 Å². The van der Waals surface area contributed by atoms with E-state index in [2.05, 4.69) is 211 Å². The number of benzene rings is 11. The van der Waals surface area contributed by atoms with E-state index >= 15 is 0 Å². The van der Waals surface area contributed by atoms with Gasteiger partial charge in [0.05, 0.1) is 11.1 Å². The molecule has 0 saturated carbocycles. The van der Waals surface area contributed by atoms with Crippen LogP contribution in [-0.4, -0.2) is 0 Å². The van der Waals surface area contributed by atoms with Gasteiger partial charge in [-0.3, -0.25) is 0 Å². The Morgan fingerprint density at radius 1 is 0.293 bits per heavy atom. The molecule has 58 heavy (non-hydrogen) atoms. The largest absolute Gasteiger partial charge is 0.456 e. The molecule has 0 unspecified atom stereocenters. The molecule has 2 nitrogen and oxygen atoms in total. The normalized spacial score (nSPS) is 11.8. The van der Waals surface area contributed by atoms with Gasteiger partial charge in [0.15, 0.2) is 0 Å². The first-order valence-electron chi connectivity index (χ1n) is 19.9. The highest BCUT2D eigenvalue weighted by Crippen LogP contribution is 2.45. The molecule has 0 fully saturated rings. The minimum absolute atomic E-state index is 0.871. The molecule has 270 valence electrons. The summed E-state index contributed by atoms with van der Waals surface area (Å²) < 4.78 is 6.41. The standard InChI is InChI=1S/C56H35NO/c1-2-13-42-39(12-1)35-51(47-18-7-3-14-43(42)47)37-26-31-41(32-27-37)57(53-21-11-23-55-56(53)50-20-9-10-22-54(50)58-55)40-29-24-36(25-30-40)38-28-33-49-46-17-5-4-15-44(46)45-16-6-8-19-48(45)52(49)34-38/h1-35H. The van der Waals surface area contributed by atoms with Crippen LogP contribution in [0.15, 0.2) is 217 Å². The van der Waals surface area contributed by atoms with Crippen LogP contribution in [0.4, 0.5) is 17.1 Å². The highest BCUT2D eigenvalue weighted by molar-refractivity contribution is 6.26. The van der Waals surface area contributed by atoms with Gasteiger partial charge in [-0.15, -0.1) is 0 Å². The minimum atomic E-state index is 0.871. The zero-order chi connectivity index (χ0) is 38.2. The van der Waals surface area contributed by atoms with Gasteiger partial charge in [-0.1, -0.05) is 158 Å². The first kappa shape index (κ1) is 32.6. The number of nitrogens with zero attached hydrogens (tertiary/aromatic N) is 1. The van der Waals surface area contributed by atoms with Crippen molar-refractivity contribution >= 4 is 92.9 Å². The maximum absolute atomic E-state index is 6.41. The predicted molar refractivity (Wildman–Crippen MR) is 247 cm³/mol. The molecule has 0 spiro atoms. The highest BCUT2D eigenvalue weighted by atomic mass is 16.3. The lowest BCUT2D eigenvalue weighted by Gasteiger charge is -2.27. The average Bonchev–Trinajstić information content (AvgIpc) is 3.69. The van der Waals surface area contributed by atoms with Crippen LogP contribution in [0.25, 0.3) is 98.1 Å². The van der Waals surface area contributed by atoms with Gasteiger partial charge in [-0.2, -0.15) is 0 Å². The summed E-state index contributed by atoms with van der Waals surface area (Å²) in [5.74, 6) is 0. The maximum atomic E-state index is 6.41. The molecule has 0 amide bonds. The number of anilines is 3. The first-order chi connectivity index (χ1) is 28.8. The van der Waals surface area contributed by atoms with Crippen LogP contribution in [0.5, 0.6) is 0 Å². The molecule has 11 aromatic carbocycles. The molecule has 0 N–H and O–H groups in total. The molecule has 2 heteroatoms. The van der Waals surface area contributed by atoms with Crippen molar-refractivity contribution in [2.45, 2.75) is 0 Å². The Balaban J connectivity index is 1.01. The average molecular weight is 738 g/mol. The molecule has 0 saturated heterocycles. The fraction of sp³-hybridized carbons (Fsp3) is 0. The van der Waals surface area contributed by atoms with Crippen LogP contribution in [0.2, 0.25) is 0 Å². The van der Waals surface area contributed by atoms with E-state index in [0.29, 0.717) is 0 Å². The molecule has 1 aromatic heterocycles. The van der Waals surface area contributed by atoms with Gasteiger partial charge in [0.25, 0.3) is 0 Å². The Kier molecular flexibility index (Phi) is 7.26. The topological polar surface area (TPSA) is 16.4 Å². The Hall–Kier alpha value is -7.68. The van der Waals surface area contributed by atoms with Gasteiger partial charge in [0, 0.05) is 16.8 Å². The van der Waals surface area contributed by atoms with Crippen molar-refractivity contribution < 1.29 is 4.42 Å². The number of rotatable bonds is 5. The highest BCUT2D eigenvalue weighted by Gasteiger charge is 2.20. The molecule has 1 heterocycles. The smallest absolute Gasteiger partial charge is 0.137 e. The third-order valence-electron chi connectivity index (χ3n) is 12.0. The molecule has 12 aromatic rings. The number of hydrogen-bond donors (Lipinski definition) is 0. The van der Waals surface area contributed by atoms with E-state index in [4.69, 9.17) is 4.42 Å². The summed E-state index contributed by atoms with van der Waals surface area (Å²) >= 11 is 0. The lowest BCUT2D eigenvalue weighted by atomic mass is 9.92. The third-order valence-corrected chi connectivity index (χ3v) is 12.0. The van der Waals surface area contributed by atoms with Crippen molar-refractivity contribution in [1.82, 2.24) is 0 Å². The fourth-order valence-corrected chi connectivity index (χ4v) is 9.34. The van der Waals surface area contributed by atoms with Crippen molar-refractivity contribution in [2.75, 3.05) is 4.90 Å². The van der Waals surface area contributed by atoms with Crippen LogP contribution in [-0.2, 0) is 0 Å². The molecular formula is C56H35NO. The lowest BCUT2D eigenvalue weighted by Crippen LogP contribution is -2.10. The molecule has 0 bridgehead atoms. The second kappa shape index (κ2) is 12.9. The Morgan fingerprint density at radius 3 is 1.45 bits per heavy atom. The van der Waals surface area contributed by atoms with Crippen molar-refractivity contribution in [2.24, 2.45) is 0 Å². The minimum Gasteiger partial charge on any atom is -0.456 e. The lowest BCUT2D eigenvalue weighted by molar-refractivity contribution is 0.669. The molecule has 0 radical (unpaired) electrons. The second-order valence-corrected chi connectivity index (χ2v) is 15.2. The van der Waals surface area contributed by atoms with Gasteiger partial charge in [-0.25, -0.2) is 0 Å². The molecule has 0 atom stereocenters. The number of para-hydroxylation sites is 1. The maximum Gasteiger partial charge on any atom is 0.137 e. The number of fused-ring (bicyclic) bond motifs is 12. The Bertz CT molecular complexity index is 3520. The summed E-state index contributed by atoms with van der Waals surface area (Å²) in [4.78, 5) is 2.37. The molecule has 0 aliphatic carbocycles. The van der Waals surface area contributed by atoms with Gasteiger partial charge < -0.3 is 9.32 Å². The van der Waals surface area contributed by atoms with Gasteiger partial charge >= 0.3 is 0 Å². The van der Waals surface area contributed by atoms with E-state index in [1.54, 1.807) is 0 Å². The van der Waals surface area contributed by atoms with Crippen molar-refractivity contribution in [3.8, 4) is 22.3 Å². The first-order valence-corrected chi connectivity index (χ1v) is 19.9. The molecule has 0 aliphatic heterocycles. The van der Waals surface area contributed by atoms with Crippen molar-refractivity contribution in [3.63, 3.8) is 0 Å². The van der Waals surface area contributed by atoms with Gasteiger partial charge in [-0.05, 0) is 131 Å². The van der Waals surface area contributed by atoms with Crippen molar-refractivity contribution in [3.05, 3.63) is 212 Å². The van der Waals surface area contributed by atoms with Crippen LogP contribution in [0.3, 0.4) is 0 Å². The van der Waals surface area contributed by atoms with Gasteiger partial charge in [0.1, 0.15) is 11.2 Å². The molecule has 0 aliphatic rings. The SMILES string of the molecule is c1ccc2c(c1)cc(-c1ccc(N(c3ccc(-c4ccc5c6ccccc6c6ccccc6c5c4)cc3)c3cccc4oc5ccccc5c34)cc1)c1ccccc12. The van der Waals surface area contributed by atoms with E-state index < -0.39 is 0 Å². The Labute approximate surface area is 335 Å². The van der Waals surface area contributed by atoms with E-state index in [9.17, 15) is 0 Å². The summed E-state index contributed by atoms with van der Waals surface area (Å²) in [5, 5.41) is 14.9. The zero-order valence-electron chi connectivity index (χ0n) is 31.6. The van der Waals surface area contributed by atoms with Crippen LogP contribution in [0, 0.1) is 0 Å². The summed E-state index contributed by atoms with van der Waals surface area (Å²) in [6.07, 6.45) is 0. The van der Waals surface area contributed by atoms with Crippen LogP contribution >= 0.6 is 0 Å².